The number of pyridine rings is 1. The van der Waals surface area contributed by atoms with Gasteiger partial charge in [0.15, 0.2) is 0 Å². The lowest BCUT2D eigenvalue weighted by atomic mass is 9.98. The third-order valence-corrected chi connectivity index (χ3v) is 5.49. The molecule has 1 aromatic carbocycles. The molecule has 3 aromatic rings. The highest BCUT2D eigenvalue weighted by Gasteiger charge is 2.31. The van der Waals surface area contributed by atoms with E-state index in [1.807, 2.05) is 26.0 Å². The predicted octanol–water partition coefficient (Wildman–Crippen LogP) is 2.30. The third kappa shape index (κ3) is 3.99. The van der Waals surface area contributed by atoms with E-state index < -0.39 is 5.92 Å². The quantitative estimate of drug-likeness (QED) is 0.724. The van der Waals surface area contributed by atoms with Crippen molar-refractivity contribution in [3.05, 3.63) is 81.3 Å². The molecule has 7 nitrogen and oxygen atoms in total. The number of benzene rings is 1. The van der Waals surface area contributed by atoms with Gasteiger partial charge in [-0.05, 0) is 55.5 Å². The Kier molecular flexibility index (Phi) is 5.29. The van der Waals surface area contributed by atoms with Gasteiger partial charge < -0.3 is 5.32 Å². The number of rotatable bonds is 5. The fourth-order valence-corrected chi connectivity index (χ4v) is 3.80. The molecule has 1 N–H and O–H groups in total. The van der Waals surface area contributed by atoms with Gasteiger partial charge in [-0.3, -0.25) is 14.3 Å². The summed E-state index contributed by atoms with van der Waals surface area (Å²) in [5.41, 5.74) is 4.19. The van der Waals surface area contributed by atoms with Gasteiger partial charge >= 0.3 is 5.69 Å². The molecule has 7 heteroatoms. The second kappa shape index (κ2) is 8.03. The zero-order chi connectivity index (χ0) is 20.4. The summed E-state index contributed by atoms with van der Waals surface area (Å²) >= 11 is 0. The smallest absolute Gasteiger partial charge is 0.346 e. The van der Waals surface area contributed by atoms with Crippen molar-refractivity contribution in [3.8, 4) is 0 Å². The Labute approximate surface area is 169 Å². The largest absolute Gasteiger partial charge is 0.351 e. The summed E-state index contributed by atoms with van der Waals surface area (Å²) in [5, 5.41) is 7.54. The minimum Gasteiger partial charge on any atom is -0.351 e. The average Bonchev–Trinajstić information content (AvgIpc) is 3.05. The van der Waals surface area contributed by atoms with E-state index in [0.717, 1.165) is 28.7 Å². The molecule has 150 valence electrons. The van der Waals surface area contributed by atoms with E-state index in [0.29, 0.717) is 31.9 Å². The average molecular weight is 391 g/mol. The number of aryl methyl sites for hydroxylation is 2. The number of aromatic nitrogens is 4. The molecule has 1 atom stereocenters. The number of amides is 1. The summed E-state index contributed by atoms with van der Waals surface area (Å²) in [6.07, 6.45) is 4.89. The van der Waals surface area contributed by atoms with E-state index in [9.17, 15) is 9.59 Å². The Balaban J connectivity index is 1.56. The zero-order valence-electron chi connectivity index (χ0n) is 16.8. The first kappa shape index (κ1) is 19.1. The molecule has 29 heavy (non-hydrogen) atoms. The van der Waals surface area contributed by atoms with Gasteiger partial charge in [0.25, 0.3) is 0 Å². The SMILES string of the molecule is Cc1ccc(C)c(Cn2nc3n(c2=O)CCCC3C(=O)NCc2ccncc2)c1. The third-order valence-electron chi connectivity index (χ3n) is 5.49. The molecule has 0 spiro atoms. The molecule has 0 saturated heterocycles. The fraction of sp³-hybridized carbons (Fsp3) is 0.364. The minimum absolute atomic E-state index is 0.0911. The summed E-state index contributed by atoms with van der Waals surface area (Å²) in [4.78, 5) is 29.7. The molecule has 1 amide bonds. The van der Waals surface area contributed by atoms with Crippen LogP contribution in [-0.2, 0) is 24.4 Å². The van der Waals surface area contributed by atoms with Crippen LogP contribution in [0.3, 0.4) is 0 Å². The molecular formula is C22H25N5O2. The van der Waals surface area contributed by atoms with Crippen molar-refractivity contribution in [2.45, 2.75) is 52.2 Å². The van der Waals surface area contributed by atoms with Gasteiger partial charge in [0, 0.05) is 25.5 Å². The summed E-state index contributed by atoms with van der Waals surface area (Å²) in [7, 11) is 0. The summed E-state index contributed by atoms with van der Waals surface area (Å²) in [6.45, 7) is 5.52. The normalized spacial score (nSPS) is 15.7. The standard InChI is InChI=1S/C22H25N5O2/c1-15-5-6-16(2)18(12-15)14-27-22(29)26-11-3-4-19(20(26)25-27)21(28)24-13-17-7-9-23-10-8-17/h5-10,12,19H,3-4,11,13-14H2,1-2H3,(H,24,28). The molecule has 0 saturated carbocycles. The Morgan fingerprint density at radius 2 is 2.00 bits per heavy atom. The summed E-state index contributed by atoms with van der Waals surface area (Å²) < 4.78 is 3.15. The number of fused-ring (bicyclic) bond motifs is 1. The van der Waals surface area contributed by atoms with Crippen molar-refractivity contribution < 1.29 is 4.79 Å². The summed E-state index contributed by atoms with van der Waals surface area (Å²) in [6, 6.07) is 9.94. The van der Waals surface area contributed by atoms with Crippen molar-refractivity contribution in [2.75, 3.05) is 0 Å². The second-order valence-corrected chi connectivity index (χ2v) is 7.65. The van der Waals surface area contributed by atoms with Crippen molar-refractivity contribution >= 4 is 5.91 Å². The van der Waals surface area contributed by atoms with Crippen LogP contribution in [0.25, 0.3) is 0 Å². The molecule has 0 bridgehead atoms. The van der Waals surface area contributed by atoms with Gasteiger partial charge in [-0.25, -0.2) is 9.48 Å². The maximum absolute atomic E-state index is 12.9. The number of hydrogen-bond donors (Lipinski definition) is 1. The maximum atomic E-state index is 12.9. The van der Waals surface area contributed by atoms with Gasteiger partial charge in [-0.1, -0.05) is 23.8 Å². The zero-order valence-corrected chi connectivity index (χ0v) is 16.8. The van der Waals surface area contributed by atoms with Crippen LogP contribution in [0.4, 0.5) is 0 Å². The van der Waals surface area contributed by atoms with Crippen molar-refractivity contribution in [1.82, 2.24) is 24.6 Å². The van der Waals surface area contributed by atoms with Gasteiger partial charge in [0.1, 0.15) is 5.82 Å². The van der Waals surface area contributed by atoms with Crippen LogP contribution in [0.15, 0.2) is 47.5 Å². The number of hydrogen-bond acceptors (Lipinski definition) is 4. The Hall–Kier alpha value is -3.22. The van der Waals surface area contributed by atoms with Crippen molar-refractivity contribution in [2.24, 2.45) is 0 Å². The second-order valence-electron chi connectivity index (χ2n) is 7.65. The topological polar surface area (TPSA) is 81.8 Å². The van der Waals surface area contributed by atoms with Crippen LogP contribution in [0.2, 0.25) is 0 Å². The van der Waals surface area contributed by atoms with E-state index >= 15 is 0 Å². The number of nitrogens with one attached hydrogen (secondary N) is 1. The Morgan fingerprint density at radius 3 is 2.79 bits per heavy atom. The lowest BCUT2D eigenvalue weighted by Gasteiger charge is -2.21. The van der Waals surface area contributed by atoms with Crippen LogP contribution >= 0.6 is 0 Å². The Morgan fingerprint density at radius 1 is 1.21 bits per heavy atom. The van der Waals surface area contributed by atoms with Crippen LogP contribution in [-0.4, -0.2) is 25.2 Å². The molecule has 4 rings (SSSR count). The molecule has 1 unspecified atom stereocenters. The first-order valence-electron chi connectivity index (χ1n) is 9.93. The van der Waals surface area contributed by atoms with Gasteiger partial charge in [0.05, 0.1) is 12.5 Å². The molecular weight excluding hydrogens is 366 g/mol. The lowest BCUT2D eigenvalue weighted by Crippen LogP contribution is -2.35. The van der Waals surface area contributed by atoms with E-state index in [1.165, 1.54) is 4.68 Å². The fourth-order valence-electron chi connectivity index (χ4n) is 3.80. The van der Waals surface area contributed by atoms with E-state index in [1.54, 1.807) is 17.0 Å². The molecule has 1 aliphatic rings. The number of carbonyl (C=O) groups excluding carboxylic acids is 1. The highest BCUT2D eigenvalue weighted by Crippen LogP contribution is 2.25. The first-order chi connectivity index (χ1) is 14.0. The van der Waals surface area contributed by atoms with Crippen LogP contribution in [0.1, 0.15) is 46.8 Å². The van der Waals surface area contributed by atoms with Crippen molar-refractivity contribution in [3.63, 3.8) is 0 Å². The highest BCUT2D eigenvalue weighted by molar-refractivity contribution is 5.82. The lowest BCUT2D eigenvalue weighted by molar-refractivity contribution is -0.123. The van der Waals surface area contributed by atoms with Crippen LogP contribution in [0, 0.1) is 13.8 Å². The number of carbonyl (C=O) groups is 1. The van der Waals surface area contributed by atoms with Crippen molar-refractivity contribution in [1.29, 1.82) is 0 Å². The van der Waals surface area contributed by atoms with Gasteiger partial charge in [-0.15, -0.1) is 0 Å². The maximum Gasteiger partial charge on any atom is 0.346 e. The molecule has 0 aliphatic carbocycles. The van der Waals surface area contributed by atoms with E-state index in [-0.39, 0.29) is 11.6 Å². The van der Waals surface area contributed by atoms with Crippen LogP contribution in [0.5, 0.6) is 0 Å². The molecule has 0 fully saturated rings. The predicted molar refractivity (Wildman–Crippen MR) is 110 cm³/mol. The minimum atomic E-state index is -0.404. The molecule has 0 radical (unpaired) electrons. The molecule has 3 heterocycles. The molecule has 2 aromatic heterocycles. The highest BCUT2D eigenvalue weighted by atomic mass is 16.2. The summed E-state index contributed by atoms with van der Waals surface area (Å²) in [5.74, 6) is 0.0728. The number of nitrogens with zero attached hydrogens (tertiary/aromatic N) is 4. The Bertz CT molecular complexity index is 1080. The first-order valence-corrected chi connectivity index (χ1v) is 9.93. The van der Waals surface area contributed by atoms with Crippen LogP contribution < -0.4 is 11.0 Å². The van der Waals surface area contributed by atoms with E-state index in [2.05, 4.69) is 33.6 Å². The van der Waals surface area contributed by atoms with Gasteiger partial charge in [0.2, 0.25) is 5.91 Å². The van der Waals surface area contributed by atoms with E-state index in [4.69, 9.17) is 0 Å². The molecule has 1 aliphatic heterocycles. The monoisotopic (exact) mass is 391 g/mol. The van der Waals surface area contributed by atoms with Gasteiger partial charge in [-0.2, -0.15) is 5.10 Å².